The minimum atomic E-state index is 0.339. The maximum Gasteiger partial charge on any atom is 0.0827 e. The molecule has 0 radical (unpaired) electrons. The number of nitrogens with one attached hydrogen (secondary N) is 1. The van der Waals surface area contributed by atoms with Crippen molar-refractivity contribution in [2.45, 2.75) is 64.5 Å². The first-order chi connectivity index (χ1) is 10.0. The summed E-state index contributed by atoms with van der Waals surface area (Å²) in [6, 6.07) is 0.570. The van der Waals surface area contributed by atoms with Crippen LogP contribution in [0.5, 0.6) is 0 Å². The summed E-state index contributed by atoms with van der Waals surface area (Å²) in [7, 11) is 2.03. The maximum absolute atomic E-state index is 4.57. The highest BCUT2D eigenvalue weighted by Crippen LogP contribution is 2.36. The van der Waals surface area contributed by atoms with E-state index in [2.05, 4.69) is 42.3 Å². The molecule has 2 heterocycles. The van der Waals surface area contributed by atoms with Gasteiger partial charge in [0.25, 0.3) is 0 Å². The lowest BCUT2D eigenvalue weighted by molar-refractivity contribution is 0.184. The highest BCUT2D eigenvalue weighted by atomic mass is 15.3. The van der Waals surface area contributed by atoms with Gasteiger partial charge in [-0.15, -0.1) is 0 Å². The molecule has 1 N–H and O–H groups in total. The van der Waals surface area contributed by atoms with Crippen LogP contribution in [0.25, 0.3) is 0 Å². The van der Waals surface area contributed by atoms with Crippen molar-refractivity contribution in [2.24, 2.45) is 13.0 Å². The molecule has 3 rings (SSSR count). The molecule has 0 amide bonds. The minimum Gasteiger partial charge on any atom is -0.362 e. The van der Waals surface area contributed by atoms with Gasteiger partial charge >= 0.3 is 0 Å². The summed E-state index contributed by atoms with van der Waals surface area (Å²) in [5, 5.41) is 8.49. The Labute approximate surface area is 128 Å². The van der Waals surface area contributed by atoms with Gasteiger partial charge in [-0.2, -0.15) is 5.10 Å². The summed E-state index contributed by atoms with van der Waals surface area (Å²) in [6.45, 7) is 9.06. The van der Waals surface area contributed by atoms with Gasteiger partial charge in [0.2, 0.25) is 0 Å². The van der Waals surface area contributed by atoms with Crippen LogP contribution in [0, 0.1) is 12.8 Å². The Hall–Kier alpha value is -1.03. The van der Waals surface area contributed by atoms with Gasteiger partial charge < -0.3 is 10.2 Å². The van der Waals surface area contributed by atoms with Crippen LogP contribution in [-0.2, 0) is 7.05 Å². The van der Waals surface area contributed by atoms with E-state index in [0.29, 0.717) is 17.5 Å². The first-order valence-electron chi connectivity index (χ1n) is 8.53. The number of anilines is 1. The van der Waals surface area contributed by atoms with Crippen LogP contribution in [0.15, 0.2) is 6.20 Å². The number of aryl methyl sites for hydroxylation is 2. The molecule has 118 valence electrons. The number of aromatic nitrogens is 2. The number of rotatable bonds is 2. The molecule has 1 saturated carbocycles. The van der Waals surface area contributed by atoms with E-state index < -0.39 is 0 Å². The molecular formula is C17H30N4. The molecule has 1 aromatic rings. The van der Waals surface area contributed by atoms with E-state index in [-0.39, 0.29) is 0 Å². The van der Waals surface area contributed by atoms with Gasteiger partial charge in [0.15, 0.2) is 0 Å². The van der Waals surface area contributed by atoms with E-state index in [1.165, 1.54) is 37.8 Å². The highest BCUT2D eigenvalue weighted by molar-refractivity contribution is 5.51. The largest absolute Gasteiger partial charge is 0.362 e. The molecule has 1 aliphatic heterocycles. The molecule has 1 spiro atoms. The number of hydrogen-bond donors (Lipinski definition) is 1. The summed E-state index contributed by atoms with van der Waals surface area (Å²) >= 11 is 0. The van der Waals surface area contributed by atoms with Crippen LogP contribution >= 0.6 is 0 Å². The van der Waals surface area contributed by atoms with Crippen LogP contribution in [0.4, 0.5) is 5.69 Å². The molecule has 1 saturated heterocycles. The fraction of sp³-hybridized carbons (Fsp3) is 0.824. The second-order valence-corrected chi connectivity index (χ2v) is 7.43. The van der Waals surface area contributed by atoms with Crippen LogP contribution in [0.3, 0.4) is 0 Å². The second kappa shape index (κ2) is 5.64. The van der Waals surface area contributed by atoms with E-state index in [1.807, 2.05) is 11.7 Å². The lowest BCUT2D eigenvalue weighted by atomic mass is 9.78. The topological polar surface area (TPSA) is 33.1 Å². The lowest BCUT2D eigenvalue weighted by Gasteiger charge is -2.51. The zero-order chi connectivity index (χ0) is 15.0. The Bertz CT molecular complexity index is 485. The Balaban J connectivity index is 1.89. The Morgan fingerprint density at radius 2 is 2.00 bits per heavy atom. The SMILES string of the molecule is Cc1nn(C)cc1N1CC2(CCCCC2)NCC1C(C)C. The zero-order valence-electron chi connectivity index (χ0n) is 14.0. The van der Waals surface area contributed by atoms with Crippen LogP contribution in [-0.4, -0.2) is 34.5 Å². The lowest BCUT2D eigenvalue weighted by Crippen LogP contribution is -2.66. The molecule has 1 atom stereocenters. The van der Waals surface area contributed by atoms with E-state index >= 15 is 0 Å². The van der Waals surface area contributed by atoms with E-state index in [9.17, 15) is 0 Å². The molecule has 2 aliphatic rings. The monoisotopic (exact) mass is 290 g/mol. The summed E-state index contributed by atoms with van der Waals surface area (Å²) in [5.74, 6) is 0.651. The predicted molar refractivity (Wildman–Crippen MR) is 87.7 cm³/mol. The van der Waals surface area contributed by atoms with Gasteiger partial charge in [0.1, 0.15) is 0 Å². The standard InChI is InChI=1S/C17H30N4/c1-13(2)15-10-18-17(8-6-5-7-9-17)12-21(15)16-11-20(4)19-14(16)3/h11,13,15,18H,5-10,12H2,1-4H3. The van der Waals surface area contributed by atoms with Crippen molar-refractivity contribution in [3.05, 3.63) is 11.9 Å². The fourth-order valence-electron chi connectivity index (χ4n) is 4.22. The number of nitrogens with zero attached hydrogens (tertiary/aromatic N) is 3. The molecular weight excluding hydrogens is 260 g/mol. The Kier molecular flexibility index (Phi) is 4.00. The summed E-state index contributed by atoms with van der Waals surface area (Å²) in [4.78, 5) is 2.65. The van der Waals surface area contributed by atoms with Crippen molar-refractivity contribution in [3.63, 3.8) is 0 Å². The number of piperazine rings is 1. The van der Waals surface area contributed by atoms with Crippen molar-refractivity contribution in [1.29, 1.82) is 0 Å². The van der Waals surface area contributed by atoms with E-state index in [4.69, 9.17) is 0 Å². The molecule has 1 unspecified atom stereocenters. The Morgan fingerprint density at radius 1 is 1.29 bits per heavy atom. The predicted octanol–water partition coefficient (Wildman–Crippen LogP) is 2.87. The molecule has 21 heavy (non-hydrogen) atoms. The van der Waals surface area contributed by atoms with E-state index in [1.54, 1.807) is 0 Å². The molecule has 4 heteroatoms. The quantitative estimate of drug-likeness (QED) is 0.909. The smallest absolute Gasteiger partial charge is 0.0827 e. The third-order valence-corrected chi connectivity index (χ3v) is 5.44. The molecule has 4 nitrogen and oxygen atoms in total. The molecule has 1 aliphatic carbocycles. The van der Waals surface area contributed by atoms with Crippen molar-refractivity contribution in [2.75, 3.05) is 18.0 Å². The van der Waals surface area contributed by atoms with Gasteiger partial charge in [-0.3, -0.25) is 4.68 Å². The van der Waals surface area contributed by atoms with Gasteiger partial charge in [-0.05, 0) is 25.7 Å². The van der Waals surface area contributed by atoms with E-state index in [0.717, 1.165) is 18.8 Å². The van der Waals surface area contributed by atoms with Gasteiger partial charge in [-0.25, -0.2) is 0 Å². The van der Waals surface area contributed by atoms with Crippen molar-refractivity contribution < 1.29 is 0 Å². The molecule has 0 aromatic carbocycles. The average Bonchev–Trinajstić information content (AvgIpc) is 2.78. The average molecular weight is 290 g/mol. The number of hydrogen-bond acceptors (Lipinski definition) is 3. The van der Waals surface area contributed by atoms with Crippen LogP contribution in [0.2, 0.25) is 0 Å². The first kappa shape index (κ1) is 14.9. The third-order valence-electron chi connectivity index (χ3n) is 5.44. The third kappa shape index (κ3) is 2.83. The van der Waals surface area contributed by atoms with Gasteiger partial charge in [0, 0.05) is 37.9 Å². The molecule has 1 aromatic heterocycles. The molecule has 0 bridgehead atoms. The summed E-state index contributed by atoms with van der Waals surface area (Å²) in [6.07, 6.45) is 9.01. The minimum absolute atomic E-state index is 0.339. The normalized spacial score (nSPS) is 25.8. The van der Waals surface area contributed by atoms with Crippen LogP contribution < -0.4 is 10.2 Å². The van der Waals surface area contributed by atoms with Gasteiger partial charge in [0.05, 0.1) is 11.4 Å². The summed E-state index contributed by atoms with van der Waals surface area (Å²) in [5.41, 5.74) is 2.84. The summed E-state index contributed by atoms with van der Waals surface area (Å²) < 4.78 is 1.96. The Morgan fingerprint density at radius 3 is 2.57 bits per heavy atom. The van der Waals surface area contributed by atoms with Crippen LogP contribution in [0.1, 0.15) is 51.6 Å². The maximum atomic E-state index is 4.57. The van der Waals surface area contributed by atoms with Gasteiger partial charge in [-0.1, -0.05) is 33.1 Å². The first-order valence-corrected chi connectivity index (χ1v) is 8.53. The van der Waals surface area contributed by atoms with Crippen molar-refractivity contribution in [3.8, 4) is 0 Å². The highest BCUT2D eigenvalue weighted by Gasteiger charge is 2.41. The fourth-order valence-corrected chi connectivity index (χ4v) is 4.22. The van der Waals surface area contributed by atoms with Crippen molar-refractivity contribution in [1.82, 2.24) is 15.1 Å². The molecule has 2 fully saturated rings. The second-order valence-electron chi connectivity index (χ2n) is 7.43. The van der Waals surface area contributed by atoms with Crippen molar-refractivity contribution >= 4 is 5.69 Å². The zero-order valence-corrected chi connectivity index (χ0v) is 14.0.